The summed E-state index contributed by atoms with van der Waals surface area (Å²) >= 11 is 0. The topological polar surface area (TPSA) is 90.0 Å². The van der Waals surface area contributed by atoms with Crippen LogP contribution in [0.2, 0.25) is 0 Å². The van der Waals surface area contributed by atoms with E-state index < -0.39 is 23.6 Å². The minimum absolute atomic E-state index is 0.0157. The molecule has 0 aliphatic heterocycles. The molecule has 0 N–H and O–H groups in total. The average Bonchev–Trinajstić information content (AvgIpc) is 3.03. The fourth-order valence-corrected chi connectivity index (χ4v) is 3.10. The highest BCUT2D eigenvalue weighted by atomic mass is 16.6. The second-order valence-electron chi connectivity index (χ2n) is 7.27. The van der Waals surface area contributed by atoms with E-state index in [2.05, 4.69) is 0 Å². The summed E-state index contributed by atoms with van der Waals surface area (Å²) in [5.74, 6) is -1.51. The van der Waals surface area contributed by atoms with Crippen LogP contribution in [-0.4, -0.2) is 53.8 Å². The van der Waals surface area contributed by atoms with Gasteiger partial charge in [0.15, 0.2) is 0 Å². The number of amides is 1. The van der Waals surface area contributed by atoms with E-state index in [9.17, 15) is 19.2 Å². The van der Waals surface area contributed by atoms with Gasteiger partial charge >= 0.3 is 11.9 Å². The van der Waals surface area contributed by atoms with Crippen LogP contribution in [-0.2, 0) is 28.7 Å². The molecule has 1 rings (SSSR count). The van der Waals surface area contributed by atoms with Crippen molar-refractivity contribution in [2.45, 2.75) is 83.4 Å². The number of ether oxygens (including phenoxy) is 2. The lowest BCUT2D eigenvalue weighted by molar-refractivity contribution is -0.165. The number of hydrogen-bond donors (Lipinski definition) is 0. The summed E-state index contributed by atoms with van der Waals surface area (Å²) in [5.41, 5.74) is -0.683. The average molecular weight is 355 g/mol. The van der Waals surface area contributed by atoms with Crippen molar-refractivity contribution in [3.05, 3.63) is 0 Å². The second kappa shape index (κ2) is 9.53. The van der Waals surface area contributed by atoms with Crippen LogP contribution < -0.4 is 0 Å². The minimum atomic E-state index is -1.03. The van der Waals surface area contributed by atoms with Crippen molar-refractivity contribution < 1.29 is 28.7 Å². The minimum Gasteiger partial charge on any atom is -0.467 e. The van der Waals surface area contributed by atoms with Gasteiger partial charge in [-0.2, -0.15) is 0 Å². The van der Waals surface area contributed by atoms with Gasteiger partial charge in [-0.1, -0.05) is 12.8 Å². The smallest absolute Gasteiger partial charge is 0.329 e. The van der Waals surface area contributed by atoms with Crippen molar-refractivity contribution in [2.75, 3.05) is 7.11 Å². The molecule has 0 bridgehead atoms. The number of esters is 2. The molecule has 1 atom stereocenters. The Hall–Kier alpha value is -1.92. The Kier molecular flexibility index (Phi) is 8.06. The highest BCUT2D eigenvalue weighted by Crippen LogP contribution is 2.28. The molecule has 142 valence electrons. The largest absolute Gasteiger partial charge is 0.467 e. The monoisotopic (exact) mass is 355 g/mol. The first kappa shape index (κ1) is 21.1. The van der Waals surface area contributed by atoms with E-state index in [0.29, 0.717) is 6.29 Å². The number of hydrogen-bond acceptors (Lipinski definition) is 6. The van der Waals surface area contributed by atoms with Gasteiger partial charge < -0.3 is 19.2 Å². The van der Waals surface area contributed by atoms with Crippen molar-refractivity contribution in [3.8, 4) is 0 Å². The predicted molar refractivity (Wildman–Crippen MR) is 90.7 cm³/mol. The van der Waals surface area contributed by atoms with Crippen LogP contribution in [0.4, 0.5) is 0 Å². The first-order valence-corrected chi connectivity index (χ1v) is 8.74. The fourth-order valence-electron chi connectivity index (χ4n) is 3.10. The number of rotatable bonds is 8. The van der Waals surface area contributed by atoms with E-state index in [1.165, 1.54) is 12.0 Å². The third-order valence-corrected chi connectivity index (χ3v) is 4.07. The number of nitrogens with zero attached hydrogens (tertiary/aromatic N) is 1. The van der Waals surface area contributed by atoms with Crippen LogP contribution >= 0.6 is 0 Å². The Morgan fingerprint density at radius 3 is 2.28 bits per heavy atom. The van der Waals surface area contributed by atoms with Crippen LogP contribution in [0.25, 0.3) is 0 Å². The molecule has 7 nitrogen and oxygen atoms in total. The molecule has 1 aliphatic rings. The highest BCUT2D eigenvalue weighted by molar-refractivity contribution is 5.89. The van der Waals surface area contributed by atoms with Crippen LogP contribution in [0.5, 0.6) is 0 Å². The van der Waals surface area contributed by atoms with Gasteiger partial charge in [0, 0.05) is 18.9 Å². The zero-order valence-electron chi connectivity index (χ0n) is 15.6. The van der Waals surface area contributed by atoms with Crippen molar-refractivity contribution >= 4 is 24.1 Å². The Morgan fingerprint density at radius 1 is 1.20 bits per heavy atom. The van der Waals surface area contributed by atoms with E-state index >= 15 is 0 Å². The highest BCUT2D eigenvalue weighted by Gasteiger charge is 2.38. The molecular formula is C18H29NO6. The Bertz CT molecular complexity index is 490. The lowest BCUT2D eigenvalue weighted by atomic mass is 10.1. The summed E-state index contributed by atoms with van der Waals surface area (Å²) in [5, 5.41) is 0. The zero-order valence-corrected chi connectivity index (χ0v) is 15.6. The fraction of sp³-hybridized carbons (Fsp3) is 0.778. The number of aldehydes is 1. The summed E-state index contributed by atoms with van der Waals surface area (Å²) in [6.07, 6.45) is 3.98. The molecule has 1 amide bonds. The lowest BCUT2D eigenvalue weighted by Crippen LogP contribution is -2.51. The first-order valence-electron chi connectivity index (χ1n) is 8.74. The third kappa shape index (κ3) is 6.84. The molecule has 0 unspecified atom stereocenters. The van der Waals surface area contributed by atoms with Crippen molar-refractivity contribution in [2.24, 2.45) is 0 Å². The molecule has 25 heavy (non-hydrogen) atoms. The third-order valence-electron chi connectivity index (χ3n) is 4.07. The SMILES string of the molecule is COC(=O)[C@@H](CC(=O)OC(C)(C)C)N(C(=O)CCC=O)C1CCCC1. The van der Waals surface area contributed by atoms with E-state index in [4.69, 9.17) is 9.47 Å². The molecule has 1 saturated carbocycles. The molecule has 1 aliphatic carbocycles. The molecule has 0 aromatic carbocycles. The number of methoxy groups -OCH3 is 1. The normalized spacial score (nSPS) is 16.2. The van der Waals surface area contributed by atoms with Crippen molar-refractivity contribution in [1.29, 1.82) is 0 Å². The van der Waals surface area contributed by atoms with E-state index in [0.717, 1.165) is 25.7 Å². The molecule has 0 aromatic rings. The molecule has 0 aromatic heterocycles. The molecule has 0 saturated heterocycles. The Balaban J connectivity index is 3.02. The van der Waals surface area contributed by atoms with Gasteiger partial charge in [0.1, 0.15) is 17.9 Å². The quantitative estimate of drug-likeness (QED) is 0.489. The number of carbonyl (C=O) groups is 4. The van der Waals surface area contributed by atoms with Crippen molar-refractivity contribution in [3.63, 3.8) is 0 Å². The van der Waals surface area contributed by atoms with Gasteiger partial charge in [0.25, 0.3) is 0 Å². The van der Waals surface area contributed by atoms with E-state index in [1.54, 1.807) is 20.8 Å². The van der Waals surface area contributed by atoms with Crippen LogP contribution in [0, 0.1) is 0 Å². The maximum absolute atomic E-state index is 12.6. The number of carbonyl (C=O) groups excluding carboxylic acids is 4. The molecular weight excluding hydrogens is 326 g/mol. The molecule has 0 radical (unpaired) electrons. The molecule has 0 spiro atoms. The summed E-state index contributed by atoms with van der Waals surface area (Å²) in [6, 6.07) is -1.15. The predicted octanol–water partition coefficient (Wildman–Crippen LogP) is 2.01. The van der Waals surface area contributed by atoms with E-state index in [1.807, 2.05) is 0 Å². The summed E-state index contributed by atoms with van der Waals surface area (Å²) in [7, 11) is 1.23. The van der Waals surface area contributed by atoms with Gasteiger partial charge in [-0.25, -0.2) is 4.79 Å². The zero-order chi connectivity index (χ0) is 19.0. The van der Waals surface area contributed by atoms with E-state index in [-0.39, 0.29) is 31.2 Å². The standard InChI is InChI=1S/C18H29NO6/c1-18(2,3)25-16(22)12-14(17(23)24-4)19(13-8-5-6-9-13)15(21)10-7-11-20/h11,13-14H,5-10,12H2,1-4H3/t14-/m1/s1. The maximum Gasteiger partial charge on any atom is 0.329 e. The summed E-state index contributed by atoms with van der Waals surface area (Å²) < 4.78 is 10.1. The summed E-state index contributed by atoms with van der Waals surface area (Å²) in [4.78, 5) is 49.2. The Morgan fingerprint density at radius 2 is 1.80 bits per heavy atom. The molecule has 7 heteroatoms. The summed E-state index contributed by atoms with van der Waals surface area (Å²) in [6.45, 7) is 5.21. The molecule has 1 fully saturated rings. The van der Waals surface area contributed by atoms with Gasteiger partial charge in [-0.05, 0) is 33.6 Å². The van der Waals surface area contributed by atoms with Gasteiger partial charge in [0.2, 0.25) is 5.91 Å². The second-order valence-corrected chi connectivity index (χ2v) is 7.27. The van der Waals surface area contributed by atoms with Crippen molar-refractivity contribution in [1.82, 2.24) is 4.90 Å². The Labute approximate surface area is 149 Å². The maximum atomic E-state index is 12.6. The van der Waals surface area contributed by atoms with Crippen LogP contribution in [0.15, 0.2) is 0 Å². The molecule has 0 heterocycles. The van der Waals surface area contributed by atoms with Gasteiger partial charge in [-0.15, -0.1) is 0 Å². The van der Waals surface area contributed by atoms with Crippen LogP contribution in [0.3, 0.4) is 0 Å². The van der Waals surface area contributed by atoms with Gasteiger partial charge in [-0.3, -0.25) is 9.59 Å². The first-order chi connectivity index (χ1) is 11.7. The lowest BCUT2D eigenvalue weighted by Gasteiger charge is -2.35. The van der Waals surface area contributed by atoms with Crippen LogP contribution in [0.1, 0.15) is 65.7 Å². The van der Waals surface area contributed by atoms with Gasteiger partial charge in [0.05, 0.1) is 13.5 Å².